The zero-order chi connectivity index (χ0) is 33.4. The lowest BCUT2D eigenvalue weighted by atomic mass is 10.0. The first-order valence-electron chi connectivity index (χ1n) is 15.1. The number of nitrogens with one attached hydrogen (secondary N) is 1. The van der Waals surface area contributed by atoms with Gasteiger partial charge in [-0.2, -0.15) is 0 Å². The van der Waals surface area contributed by atoms with Gasteiger partial charge in [0.2, 0.25) is 11.8 Å². The molecule has 242 valence electrons. The second kappa shape index (κ2) is 15.6. The lowest BCUT2D eigenvalue weighted by molar-refractivity contribution is -0.140. The van der Waals surface area contributed by atoms with Gasteiger partial charge < -0.3 is 10.2 Å². The number of carbonyl (C=O) groups is 2. The molecule has 46 heavy (non-hydrogen) atoms. The van der Waals surface area contributed by atoms with Crippen molar-refractivity contribution in [1.29, 1.82) is 0 Å². The van der Waals surface area contributed by atoms with Crippen LogP contribution in [0.15, 0.2) is 95.9 Å². The average molecular weight is 681 g/mol. The van der Waals surface area contributed by atoms with Gasteiger partial charge in [0.05, 0.1) is 10.6 Å². The van der Waals surface area contributed by atoms with Gasteiger partial charge >= 0.3 is 0 Å². The minimum Gasteiger partial charge on any atom is -0.354 e. The lowest BCUT2D eigenvalue weighted by Gasteiger charge is -2.34. The van der Waals surface area contributed by atoms with E-state index < -0.39 is 28.5 Å². The van der Waals surface area contributed by atoms with Crippen LogP contribution in [0.4, 0.5) is 5.69 Å². The Kier molecular flexibility index (Phi) is 11.9. The zero-order valence-electron chi connectivity index (χ0n) is 26.5. The van der Waals surface area contributed by atoms with Crippen LogP contribution >= 0.6 is 23.2 Å². The third-order valence-corrected chi connectivity index (χ3v) is 10.2. The van der Waals surface area contributed by atoms with Crippen LogP contribution in [-0.4, -0.2) is 44.3 Å². The molecule has 1 N–H and O–H groups in total. The average Bonchev–Trinajstić information content (AvgIpc) is 3.03. The number of aryl methyl sites for hydroxylation is 3. The van der Waals surface area contributed by atoms with Crippen molar-refractivity contribution in [1.82, 2.24) is 10.2 Å². The summed E-state index contributed by atoms with van der Waals surface area (Å²) in [7, 11) is -4.21. The van der Waals surface area contributed by atoms with Gasteiger partial charge in [0, 0.05) is 35.1 Å². The normalized spacial score (nSPS) is 12.0. The SMILES string of the molecule is CCCNC(=O)C(Cc1ccccc1)N(Cc1c(Cl)cccc1Cl)C(=O)CN(c1cc(C)ccc1C)S(=O)(=O)c1ccc(C)cc1. The fraction of sp³-hybridized carbons (Fsp3) is 0.278. The van der Waals surface area contributed by atoms with Crippen LogP contribution in [0.2, 0.25) is 10.0 Å². The molecule has 0 bridgehead atoms. The number of amides is 2. The predicted molar refractivity (Wildman–Crippen MR) is 186 cm³/mol. The number of nitrogens with zero attached hydrogens (tertiary/aromatic N) is 2. The minimum absolute atomic E-state index is 0.0500. The Bertz CT molecular complexity index is 1760. The maximum Gasteiger partial charge on any atom is 0.264 e. The molecule has 0 spiro atoms. The summed E-state index contributed by atoms with van der Waals surface area (Å²) in [6.07, 6.45) is 0.891. The number of hydrogen-bond donors (Lipinski definition) is 1. The second-order valence-electron chi connectivity index (χ2n) is 11.3. The van der Waals surface area contributed by atoms with Gasteiger partial charge in [0.15, 0.2) is 0 Å². The summed E-state index contributed by atoms with van der Waals surface area (Å²) < 4.78 is 29.7. The van der Waals surface area contributed by atoms with E-state index >= 15 is 0 Å². The Balaban J connectivity index is 1.86. The van der Waals surface area contributed by atoms with Gasteiger partial charge in [-0.1, -0.05) is 96.4 Å². The third kappa shape index (κ3) is 8.49. The lowest BCUT2D eigenvalue weighted by Crippen LogP contribution is -2.53. The predicted octanol–water partition coefficient (Wildman–Crippen LogP) is 7.28. The number of carbonyl (C=O) groups excluding carboxylic acids is 2. The summed E-state index contributed by atoms with van der Waals surface area (Å²) >= 11 is 13.2. The minimum atomic E-state index is -4.21. The molecule has 10 heteroatoms. The fourth-order valence-corrected chi connectivity index (χ4v) is 7.10. The maximum absolute atomic E-state index is 14.6. The van der Waals surface area contributed by atoms with Gasteiger partial charge in [0.1, 0.15) is 12.6 Å². The molecule has 7 nitrogen and oxygen atoms in total. The number of sulfonamides is 1. The van der Waals surface area contributed by atoms with E-state index in [2.05, 4.69) is 5.32 Å². The van der Waals surface area contributed by atoms with E-state index in [-0.39, 0.29) is 23.8 Å². The summed E-state index contributed by atoms with van der Waals surface area (Å²) in [6.45, 7) is 7.22. The van der Waals surface area contributed by atoms with Gasteiger partial charge in [-0.05, 0) is 74.2 Å². The van der Waals surface area contributed by atoms with Crippen LogP contribution in [-0.2, 0) is 32.6 Å². The number of rotatable bonds is 13. The van der Waals surface area contributed by atoms with Crippen molar-refractivity contribution in [3.05, 3.63) is 129 Å². The van der Waals surface area contributed by atoms with Crippen LogP contribution in [0.25, 0.3) is 0 Å². The van der Waals surface area contributed by atoms with Crippen molar-refractivity contribution in [2.75, 3.05) is 17.4 Å². The molecule has 0 heterocycles. The van der Waals surface area contributed by atoms with Gasteiger partial charge in [-0.3, -0.25) is 13.9 Å². The fourth-order valence-electron chi connectivity index (χ4n) is 5.11. The molecule has 0 aliphatic heterocycles. The van der Waals surface area contributed by atoms with E-state index in [4.69, 9.17) is 23.2 Å². The molecule has 0 aromatic heterocycles. The van der Waals surface area contributed by atoms with Crippen LogP contribution in [0, 0.1) is 20.8 Å². The monoisotopic (exact) mass is 679 g/mol. The molecule has 0 aliphatic rings. The first-order chi connectivity index (χ1) is 21.9. The van der Waals surface area contributed by atoms with Gasteiger partial charge in [-0.25, -0.2) is 8.42 Å². The highest BCUT2D eigenvalue weighted by Gasteiger charge is 2.35. The largest absolute Gasteiger partial charge is 0.354 e. The highest BCUT2D eigenvalue weighted by Crippen LogP contribution is 2.31. The van der Waals surface area contributed by atoms with E-state index in [1.807, 2.05) is 63.2 Å². The van der Waals surface area contributed by atoms with Crippen LogP contribution < -0.4 is 9.62 Å². The number of benzene rings is 4. The molecule has 0 saturated carbocycles. The molecular weight excluding hydrogens is 641 g/mol. The van der Waals surface area contributed by atoms with Crippen molar-refractivity contribution in [3.8, 4) is 0 Å². The highest BCUT2D eigenvalue weighted by molar-refractivity contribution is 7.92. The first kappa shape index (κ1) is 35.0. The Labute approximate surface area is 282 Å². The van der Waals surface area contributed by atoms with Crippen molar-refractivity contribution in [2.24, 2.45) is 0 Å². The van der Waals surface area contributed by atoms with E-state index in [1.54, 1.807) is 43.3 Å². The Morgan fingerprint density at radius 3 is 2.09 bits per heavy atom. The van der Waals surface area contributed by atoms with Crippen molar-refractivity contribution in [2.45, 2.75) is 58.0 Å². The second-order valence-corrected chi connectivity index (χ2v) is 14.0. The van der Waals surface area contributed by atoms with E-state index in [9.17, 15) is 18.0 Å². The summed E-state index contributed by atoms with van der Waals surface area (Å²) in [5.41, 5.74) is 4.08. The van der Waals surface area contributed by atoms with E-state index in [1.165, 1.54) is 17.0 Å². The molecular formula is C36H39Cl2N3O4S. The first-order valence-corrected chi connectivity index (χ1v) is 17.3. The third-order valence-electron chi connectivity index (χ3n) is 7.73. The van der Waals surface area contributed by atoms with Crippen LogP contribution in [0.5, 0.6) is 0 Å². The molecule has 0 fully saturated rings. The molecule has 1 unspecified atom stereocenters. The highest BCUT2D eigenvalue weighted by atomic mass is 35.5. The molecule has 0 saturated heterocycles. The topological polar surface area (TPSA) is 86.8 Å². The van der Waals surface area contributed by atoms with Crippen molar-refractivity contribution >= 4 is 50.7 Å². The van der Waals surface area contributed by atoms with E-state index in [0.29, 0.717) is 39.8 Å². The van der Waals surface area contributed by atoms with Gasteiger partial charge in [0.25, 0.3) is 10.0 Å². The quantitative estimate of drug-likeness (QED) is 0.161. The Morgan fingerprint density at radius 2 is 1.46 bits per heavy atom. The van der Waals surface area contributed by atoms with Crippen molar-refractivity contribution < 1.29 is 18.0 Å². The Morgan fingerprint density at radius 1 is 0.826 bits per heavy atom. The Hall–Kier alpha value is -3.85. The molecule has 1 atom stereocenters. The molecule has 0 radical (unpaired) electrons. The maximum atomic E-state index is 14.6. The summed E-state index contributed by atoms with van der Waals surface area (Å²) in [5, 5.41) is 3.60. The number of anilines is 1. The van der Waals surface area contributed by atoms with E-state index in [0.717, 1.165) is 21.0 Å². The zero-order valence-corrected chi connectivity index (χ0v) is 28.8. The number of halogens is 2. The smallest absolute Gasteiger partial charge is 0.264 e. The standard InChI is InChI=1S/C36H39Cl2N3O4S/c1-5-20-39-36(43)34(22-28-10-7-6-8-11-28)40(23-30-31(37)12-9-13-32(30)38)35(42)24-41(33-21-26(3)14-17-27(33)4)46(44,45)29-18-15-25(2)16-19-29/h6-19,21,34H,5,20,22-24H2,1-4H3,(H,39,43). The van der Waals surface area contributed by atoms with Crippen LogP contribution in [0.1, 0.15) is 41.2 Å². The number of hydrogen-bond acceptors (Lipinski definition) is 4. The molecule has 4 aromatic rings. The van der Waals surface area contributed by atoms with Crippen molar-refractivity contribution in [3.63, 3.8) is 0 Å². The molecule has 4 aromatic carbocycles. The molecule has 0 aliphatic carbocycles. The summed E-state index contributed by atoms with van der Waals surface area (Å²) in [6, 6.07) is 25.4. The molecule has 2 amide bonds. The molecule has 4 rings (SSSR count). The van der Waals surface area contributed by atoms with Crippen LogP contribution in [0.3, 0.4) is 0 Å². The summed E-state index contributed by atoms with van der Waals surface area (Å²) in [5.74, 6) is -0.943. The summed E-state index contributed by atoms with van der Waals surface area (Å²) in [4.78, 5) is 29.9. The van der Waals surface area contributed by atoms with Gasteiger partial charge in [-0.15, -0.1) is 0 Å².